The summed E-state index contributed by atoms with van der Waals surface area (Å²) in [6.45, 7) is 1.19. The van der Waals surface area contributed by atoms with Crippen LogP contribution in [0.15, 0.2) is 53.4 Å². The van der Waals surface area contributed by atoms with Gasteiger partial charge in [0.1, 0.15) is 5.82 Å². The van der Waals surface area contributed by atoms with E-state index in [9.17, 15) is 22.4 Å². The molecule has 0 saturated heterocycles. The number of sulfone groups is 1. The minimum atomic E-state index is -3.45. The smallest absolute Gasteiger partial charge is 0.338 e. The molecule has 0 saturated carbocycles. The number of amides is 1. The molecule has 2 aromatic rings. The first-order valence-electron chi connectivity index (χ1n) is 7.69. The van der Waals surface area contributed by atoms with Crippen LogP contribution in [0, 0.1) is 5.82 Å². The highest BCUT2D eigenvalue weighted by Gasteiger charge is 2.15. The van der Waals surface area contributed by atoms with E-state index < -0.39 is 34.4 Å². The fourth-order valence-corrected chi connectivity index (χ4v) is 2.85. The largest absolute Gasteiger partial charge is 0.452 e. The minimum absolute atomic E-state index is 0.0127. The predicted octanol–water partition coefficient (Wildman–Crippen LogP) is 2.26. The Hall–Kier alpha value is -2.74. The van der Waals surface area contributed by atoms with Gasteiger partial charge >= 0.3 is 5.97 Å². The summed E-state index contributed by atoms with van der Waals surface area (Å²) in [6.07, 6.45) is 1.03. The van der Waals surface area contributed by atoms with Gasteiger partial charge in [-0.05, 0) is 42.8 Å². The zero-order valence-corrected chi connectivity index (χ0v) is 15.0. The Kier molecular flexibility index (Phi) is 6.10. The number of hydrogen-bond acceptors (Lipinski definition) is 5. The third-order valence-electron chi connectivity index (χ3n) is 3.58. The topological polar surface area (TPSA) is 89.5 Å². The first-order chi connectivity index (χ1) is 12.2. The van der Waals surface area contributed by atoms with Crippen LogP contribution in [-0.2, 0) is 19.4 Å². The number of halogens is 1. The van der Waals surface area contributed by atoms with E-state index in [0.717, 1.165) is 6.26 Å². The highest BCUT2D eigenvalue weighted by molar-refractivity contribution is 7.90. The molecule has 0 aliphatic rings. The van der Waals surface area contributed by atoms with Crippen LogP contribution < -0.4 is 5.32 Å². The molecular weight excluding hydrogens is 361 g/mol. The summed E-state index contributed by atoms with van der Waals surface area (Å²) in [5.74, 6) is -1.72. The minimum Gasteiger partial charge on any atom is -0.452 e. The molecule has 0 radical (unpaired) electrons. The molecule has 1 amide bonds. The van der Waals surface area contributed by atoms with E-state index in [1.54, 1.807) is 19.1 Å². The zero-order valence-electron chi connectivity index (χ0n) is 14.2. The average Bonchev–Trinajstić information content (AvgIpc) is 2.59. The van der Waals surface area contributed by atoms with E-state index in [1.165, 1.54) is 36.4 Å². The van der Waals surface area contributed by atoms with Gasteiger partial charge in [0.25, 0.3) is 5.91 Å². The summed E-state index contributed by atoms with van der Waals surface area (Å²) in [5.41, 5.74) is 0.735. The summed E-state index contributed by atoms with van der Waals surface area (Å²) in [4.78, 5) is 23.9. The van der Waals surface area contributed by atoms with Crippen molar-refractivity contribution < 1.29 is 27.1 Å². The Bertz CT molecular complexity index is 909. The lowest BCUT2D eigenvalue weighted by Gasteiger charge is -2.14. The van der Waals surface area contributed by atoms with Gasteiger partial charge in [-0.25, -0.2) is 17.6 Å². The highest BCUT2D eigenvalue weighted by Crippen LogP contribution is 2.14. The Morgan fingerprint density at radius 3 is 2.42 bits per heavy atom. The molecule has 0 aromatic heterocycles. The molecule has 1 N–H and O–H groups in total. The standard InChI is InChI=1S/C18H18FNO5S/c1-12(13-6-8-15(19)9-7-13)20-17(21)11-25-18(22)14-4-3-5-16(10-14)26(2,23)24/h3-10,12H,11H2,1-2H3,(H,20,21)/t12-/m0/s1. The second-order valence-corrected chi connectivity index (χ2v) is 7.73. The van der Waals surface area contributed by atoms with Gasteiger partial charge in [-0.15, -0.1) is 0 Å². The van der Waals surface area contributed by atoms with Crippen molar-refractivity contribution in [1.82, 2.24) is 5.32 Å². The van der Waals surface area contributed by atoms with Gasteiger partial charge in [0.05, 0.1) is 16.5 Å². The van der Waals surface area contributed by atoms with E-state index in [-0.39, 0.29) is 16.3 Å². The molecule has 0 aliphatic carbocycles. The van der Waals surface area contributed by atoms with Crippen molar-refractivity contribution in [2.24, 2.45) is 0 Å². The highest BCUT2D eigenvalue weighted by atomic mass is 32.2. The van der Waals surface area contributed by atoms with Gasteiger partial charge in [-0.2, -0.15) is 0 Å². The third-order valence-corrected chi connectivity index (χ3v) is 4.69. The van der Waals surface area contributed by atoms with Gasteiger partial charge < -0.3 is 10.1 Å². The lowest BCUT2D eigenvalue weighted by molar-refractivity contribution is -0.124. The molecule has 0 spiro atoms. The number of carbonyl (C=O) groups is 2. The molecule has 138 valence electrons. The summed E-state index contributed by atoms with van der Waals surface area (Å²) in [5, 5.41) is 2.62. The third kappa shape index (κ3) is 5.38. The molecule has 1 atom stereocenters. The summed E-state index contributed by atoms with van der Waals surface area (Å²) in [7, 11) is -3.45. The molecule has 0 fully saturated rings. The normalized spacial score (nSPS) is 12.3. The van der Waals surface area contributed by atoms with Gasteiger partial charge in [0.15, 0.2) is 16.4 Å². The fraction of sp³-hybridized carbons (Fsp3) is 0.222. The van der Waals surface area contributed by atoms with E-state index in [1.807, 2.05) is 0 Å². The fourth-order valence-electron chi connectivity index (χ4n) is 2.19. The van der Waals surface area contributed by atoms with Crippen LogP contribution in [0.1, 0.15) is 28.9 Å². The molecule has 8 heteroatoms. The zero-order chi connectivity index (χ0) is 19.3. The quantitative estimate of drug-likeness (QED) is 0.778. The summed E-state index contributed by atoms with van der Waals surface area (Å²) >= 11 is 0. The second kappa shape index (κ2) is 8.09. The summed E-state index contributed by atoms with van der Waals surface area (Å²) in [6, 6.07) is 10.6. The van der Waals surface area contributed by atoms with Crippen LogP contribution in [0.5, 0.6) is 0 Å². The Morgan fingerprint density at radius 1 is 1.15 bits per heavy atom. The molecule has 2 aromatic carbocycles. The maximum Gasteiger partial charge on any atom is 0.338 e. The van der Waals surface area contributed by atoms with Gasteiger partial charge in [-0.1, -0.05) is 18.2 Å². The van der Waals surface area contributed by atoms with Crippen molar-refractivity contribution in [3.05, 3.63) is 65.5 Å². The number of carbonyl (C=O) groups excluding carboxylic acids is 2. The second-order valence-electron chi connectivity index (χ2n) is 5.72. The Balaban J connectivity index is 1.92. The van der Waals surface area contributed by atoms with Crippen molar-refractivity contribution in [1.29, 1.82) is 0 Å². The number of hydrogen-bond donors (Lipinski definition) is 1. The molecule has 6 nitrogen and oxygen atoms in total. The van der Waals surface area contributed by atoms with Crippen molar-refractivity contribution in [3.8, 4) is 0 Å². The summed E-state index contributed by atoms with van der Waals surface area (Å²) < 4.78 is 40.8. The SMILES string of the molecule is C[C@H](NC(=O)COC(=O)c1cccc(S(C)(=O)=O)c1)c1ccc(F)cc1. The first kappa shape index (κ1) is 19.6. The van der Waals surface area contributed by atoms with Gasteiger partial charge in [-0.3, -0.25) is 4.79 Å². The van der Waals surface area contributed by atoms with Gasteiger partial charge in [0, 0.05) is 6.26 Å². The Morgan fingerprint density at radius 2 is 1.81 bits per heavy atom. The lowest BCUT2D eigenvalue weighted by atomic mass is 10.1. The molecular formula is C18H18FNO5S. The van der Waals surface area contributed by atoms with Crippen LogP contribution in [0.3, 0.4) is 0 Å². The van der Waals surface area contributed by atoms with Gasteiger partial charge in [0.2, 0.25) is 0 Å². The van der Waals surface area contributed by atoms with Crippen molar-refractivity contribution in [2.45, 2.75) is 17.9 Å². The van der Waals surface area contributed by atoms with E-state index in [4.69, 9.17) is 4.74 Å². The van der Waals surface area contributed by atoms with E-state index in [0.29, 0.717) is 5.56 Å². The van der Waals surface area contributed by atoms with Crippen LogP contribution in [0.25, 0.3) is 0 Å². The van der Waals surface area contributed by atoms with Crippen LogP contribution in [0.4, 0.5) is 4.39 Å². The van der Waals surface area contributed by atoms with Crippen LogP contribution >= 0.6 is 0 Å². The van der Waals surface area contributed by atoms with Crippen molar-refractivity contribution in [3.63, 3.8) is 0 Å². The number of rotatable bonds is 6. The molecule has 0 bridgehead atoms. The van der Waals surface area contributed by atoms with Crippen molar-refractivity contribution in [2.75, 3.05) is 12.9 Å². The average molecular weight is 379 g/mol. The molecule has 0 heterocycles. The maximum atomic E-state index is 12.9. The molecule has 2 rings (SSSR count). The molecule has 0 aliphatic heterocycles. The van der Waals surface area contributed by atoms with E-state index >= 15 is 0 Å². The monoisotopic (exact) mass is 379 g/mol. The molecule has 0 unspecified atom stereocenters. The Labute approximate surface area is 150 Å². The van der Waals surface area contributed by atoms with Crippen LogP contribution in [0.2, 0.25) is 0 Å². The lowest BCUT2D eigenvalue weighted by Crippen LogP contribution is -2.31. The number of ether oxygens (including phenoxy) is 1. The number of esters is 1. The number of benzene rings is 2. The molecule has 26 heavy (non-hydrogen) atoms. The maximum absolute atomic E-state index is 12.9. The predicted molar refractivity (Wildman–Crippen MR) is 92.8 cm³/mol. The first-order valence-corrected chi connectivity index (χ1v) is 9.58. The number of nitrogens with one attached hydrogen (secondary N) is 1. The van der Waals surface area contributed by atoms with Crippen LogP contribution in [-0.4, -0.2) is 33.2 Å². The van der Waals surface area contributed by atoms with Crippen molar-refractivity contribution >= 4 is 21.7 Å². The van der Waals surface area contributed by atoms with E-state index in [2.05, 4.69) is 5.32 Å².